The number of nitrogens with zero attached hydrogens (tertiary/aromatic N) is 1. The molecule has 9 heteroatoms. The first-order valence-electron chi connectivity index (χ1n) is 30.2. The Morgan fingerprint density at radius 3 is 1.12 bits per heavy atom. The number of allylic oxidation sites excluding steroid dienone is 3. The molecule has 0 heterocycles. The van der Waals surface area contributed by atoms with Crippen molar-refractivity contribution in [1.82, 2.24) is 5.32 Å². The molecule has 0 aromatic heterocycles. The molecule has 0 fully saturated rings. The van der Waals surface area contributed by atoms with Gasteiger partial charge in [-0.05, 0) is 44.9 Å². The quantitative estimate of drug-likeness (QED) is 0.0243. The summed E-state index contributed by atoms with van der Waals surface area (Å²) in [4.78, 5) is 23.1. The van der Waals surface area contributed by atoms with E-state index in [9.17, 15) is 19.4 Å². The number of aliphatic hydroxyl groups is 1. The average molecular weight is 997 g/mol. The molecule has 0 aromatic carbocycles. The van der Waals surface area contributed by atoms with Gasteiger partial charge >= 0.3 is 7.82 Å². The van der Waals surface area contributed by atoms with E-state index in [0.29, 0.717) is 17.4 Å². The number of carbonyl (C=O) groups is 1. The van der Waals surface area contributed by atoms with Crippen LogP contribution < -0.4 is 5.32 Å². The van der Waals surface area contributed by atoms with Crippen LogP contribution in [-0.2, 0) is 18.4 Å². The first-order valence-corrected chi connectivity index (χ1v) is 31.7. The Kier molecular flexibility index (Phi) is 51.1. The van der Waals surface area contributed by atoms with Gasteiger partial charge in [0.2, 0.25) is 5.91 Å². The Hall–Kier alpha value is -1.02. The van der Waals surface area contributed by atoms with Crippen molar-refractivity contribution in [2.45, 2.75) is 315 Å². The second-order valence-corrected chi connectivity index (χ2v) is 23.5. The maximum atomic E-state index is 12.9. The van der Waals surface area contributed by atoms with Crippen molar-refractivity contribution in [3.05, 3.63) is 24.3 Å². The molecule has 0 rings (SSSR count). The molecule has 410 valence electrons. The molecule has 0 aliphatic carbocycles. The number of hydrogen-bond acceptors (Lipinski definition) is 5. The molecule has 0 aliphatic heterocycles. The van der Waals surface area contributed by atoms with Crippen molar-refractivity contribution in [3.63, 3.8) is 0 Å². The van der Waals surface area contributed by atoms with Crippen molar-refractivity contribution in [2.75, 3.05) is 40.9 Å². The molecule has 0 radical (unpaired) electrons. The predicted octanol–water partition coefficient (Wildman–Crippen LogP) is 18.4. The van der Waals surface area contributed by atoms with E-state index in [2.05, 4.69) is 31.3 Å². The van der Waals surface area contributed by atoms with Gasteiger partial charge < -0.3 is 19.8 Å². The van der Waals surface area contributed by atoms with Gasteiger partial charge in [-0.25, -0.2) is 4.57 Å². The monoisotopic (exact) mass is 996 g/mol. The summed E-state index contributed by atoms with van der Waals surface area (Å²) in [5, 5.41) is 13.8. The molecule has 3 atom stereocenters. The fraction of sp³-hybridized carbons (Fsp3) is 0.917. The van der Waals surface area contributed by atoms with Crippen molar-refractivity contribution >= 4 is 13.7 Å². The van der Waals surface area contributed by atoms with Crippen molar-refractivity contribution in [3.8, 4) is 0 Å². The summed E-state index contributed by atoms with van der Waals surface area (Å²) in [7, 11) is 1.58. The van der Waals surface area contributed by atoms with E-state index in [4.69, 9.17) is 9.05 Å². The number of likely N-dealkylation sites (N-methyl/N-ethyl adjacent to an activating group) is 1. The third-order valence-corrected chi connectivity index (χ3v) is 14.9. The molecule has 69 heavy (non-hydrogen) atoms. The Morgan fingerprint density at radius 1 is 0.478 bits per heavy atom. The summed E-state index contributed by atoms with van der Waals surface area (Å²) in [5.41, 5.74) is 0. The van der Waals surface area contributed by atoms with Crippen LogP contribution in [0.15, 0.2) is 24.3 Å². The number of quaternary nitrogens is 1. The van der Waals surface area contributed by atoms with Gasteiger partial charge in [0, 0.05) is 6.42 Å². The van der Waals surface area contributed by atoms with Crippen LogP contribution in [0, 0.1) is 0 Å². The molecular formula is C60H120N2O6P+. The van der Waals surface area contributed by atoms with Crippen LogP contribution in [0.3, 0.4) is 0 Å². The molecule has 1 amide bonds. The summed E-state index contributed by atoms with van der Waals surface area (Å²) in [6, 6.07) is -0.840. The number of phosphoric ester groups is 1. The molecule has 0 saturated carbocycles. The zero-order valence-corrected chi connectivity index (χ0v) is 47.7. The van der Waals surface area contributed by atoms with Crippen LogP contribution in [0.5, 0.6) is 0 Å². The number of carbonyl (C=O) groups excluding carboxylic acids is 1. The van der Waals surface area contributed by atoms with Crippen LogP contribution >= 0.6 is 7.82 Å². The number of rotatable bonds is 56. The van der Waals surface area contributed by atoms with E-state index in [0.717, 1.165) is 38.5 Å². The summed E-state index contributed by atoms with van der Waals surface area (Å²) >= 11 is 0. The van der Waals surface area contributed by atoms with Crippen molar-refractivity contribution in [1.29, 1.82) is 0 Å². The lowest BCUT2D eigenvalue weighted by molar-refractivity contribution is -0.870. The molecule has 0 saturated heterocycles. The molecule has 8 nitrogen and oxygen atoms in total. The Morgan fingerprint density at radius 2 is 0.783 bits per heavy atom. The SMILES string of the molecule is CCCCCCCC/C=C/C(O)C(COP(=O)(O)OCC[N+](C)(C)C)NC(=O)CCCCCCCCCCCCCCCCCCCCCCCCCCCCC/C=C\CCCCCCCCCC. The third-order valence-electron chi connectivity index (χ3n) is 13.9. The molecule has 3 N–H and O–H groups in total. The standard InChI is InChI=1S/C60H119N2O6P/c1-6-8-10-12-14-16-17-18-19-20-21-22-23-24-25-26-27-28-29-30-31-32-33-34-35-36-37-38-39-40-41-42-43-44-45-46-48-50-52-54-60(64)61-58(57-68-69(65,66)67-56-55-62(3,4)5)59(63)53-51-49-47-15-13-11-9-7-2/h20-21,51,53,58-59,63H,6-19,22-50,52,54-57H2,1-5H3,(H-,61,64,65,66)/p+1/b21-20-,53-51+. The van der Waals surface area contributed by atoms with Gasteiger partial charge in [-0.1, -0.05) is 276 Å². The lowest BCUT2D eigenvalue weighted by Gasteiger charge is -2.25. The minimum Gasteiger partial charge on any atom is -0.387 e. The van der Waals surface area contributed by atoms with E-state index in [-0.39, 0.29) is 19.1 Å². The zero-order valence-electron chi connectivity index (χ0n) is 46.8. The van der Waals surface area contributed by atoms with Crippen molar-refractivity contribution in [2.24, 2.45) is 0 Å². The number of nitrogens with one attached hydrogen (secondary N) is 1. The van der Waals surface area contributed by atoms with Gasteiger partial charge in [-0.3, -0.25) is 13.8 Å². The molecule has 0 spiro atoms. The highest BCUT2D eigenvalue weighted by Gasteiger charge is 2.27. The minimum absolute atomic E-state index is 0.0636. The van der Waals surface area contributed by atoms with Gasteiger partial charge in [0.25, 0.3) is 0 Å². The van der Waals surface area contributed by atoms with Crippen LogP contribution in [0.4, 0.5) is 0 Å². The van der Waals surface area contributed by atoms with E-state index < -0.39 is 20.0 Å². The fourth-order valence-electron chi connectivity index (χ4n) is 9.16. The van der Waals surface area contributed by atoms with Crippen LogP contribution in [0.1, 0.15) is 303 Å². The second kappa shape index (κ2) is 51.9. The Balaban J connectivity index is 3.73. The van der Waals surface area contributed by atoms with Gasteiger partial charge in [0.05, 0.1) is 39.9 Å². The molecule has 3 unspecified atom stereocenters. The van der Waals surface area contributed by atoms with Crippen LogP contribution in [-0.4, -0.2) is 73.4 Å². The van der Waals surface area contributed by atoms with E-state index in [1.54, 1.807) is 6.08 Å². The first-order chi connectivity index (χ1) is 33.5. The highest BCUT2D eigenvalue weighted by Crippen LogP contribution is 2.43. The van der Waals surface area contributed by atoms with Gasteiger partial charge in [-0.15, -0.1) is 0 Å². The molecule has 0 aliphatic rings. The normalized spacial score (nSPS) is 14.0. The van der Waals surface area contributed by atoms with Crippen LogP contribution in [0.2, 0.25) is 0 Å². The number of unbranched alkanes of at least 4 members (excludes halogenated alkanes) is 41. The maximum absolute atomic E-state index is 12.9. The highest BCUT2D eigenvalue weighted by atomic mass is 31.2. The van der Waals surface area contributed by atoms with E-state index >= 15 is 0 Å². The summed E-state index contributed by atoms with van der Waals surface area (Å²) in [5.74, 6) is -0.175. The predicted molar refractivity (Wildman–Crippen MR) is 300 cm³/mol. The fourth-order valence-corrected chi connectivity index (χ4v) is 9.89. The van der Waals surface area contributed by atoms with Gasteiger partial charge in [0.15, 0.2) is 0 Å². The summed E-state index contributed by atoms with van der Waals surface area (Å²) in [6.45, 7) is 4.80. The van der Waals surface area contributed by atoms with E-state index in [1.165, 1.54) is 244 Å². The largest absolute Gasteiger partial charge is 0.472 e. The second-order valence-electron chi connectivity index (χ2n) is 22.1. The number of aliphatic hydroxyl groups excluding tert-OH is 1. The maximum Gasteiger partial charge on any atom is 0.472 e. The number of amides is 1. The van der Waals surface area contributed by atoms with Crippen LogP contribution in [0.25, 0.3) is 0 Å². The molecule has 0 bridgehead atoms. The summed E-state index contributed by atoms with van der Waals surface area (Å²) < 4.78 is 23.6. The number of hydrogen-bond donors (Lipinski definition) is 3. The Labute approximate surface area is 430 Å². The van der Waals surface area contributed by atoms with Gasteiger partial charge in [-0.2, -0.15) is 0 Å². The Bertz CT molecular complexity index is 1170. The third kappa shape index (κ3) is 54.6. The zero-order chi connectivity index (χ0) is 50.6. The number of phosphoric acid groups is 1. The summed E-state index contributed by atoms with van der Waals surface area (Å²) in [6.07, 6.45) is 66.3. The molecular weight excluding hydrogens is 876 g/mol. The van der Waals surface area contributed by atoms with E-state index in [1.807, 2.05) is 27.2 Å². The lowest BCUT2D eigenvalue weighted by atomic mass is 10.0. The van der Waals surface area contributed by atoms with Crippen molar-refractivity contribution < 1.29 is 32.9 Å². The lowest BCUT2D eigenvalue weighted by Crippen LogP contribution is -2.45. The smallest absolute Gasteiger partial charge is 0.387 e. The van der Waals surface area contributed by atoms with Gasteiger partial charge in [0.1, 0.15) is 13.2 Å². The minimum atomic E-state index is -4.33. The molecule has 0 aromatic rings. The average Bonchev–Trinajstić information content (AvgIpc) is 3.31. The first kappa shape index (κ1) is 68.0. The highest BCUT2D eigenvalue weighted by molar-refractivity contribution is 7.47. The topological polar surface area (TPSA) is 105 Å².